The fraction of sp³-hybridized carbons (Fsp3) is 0.412. The van der Waals surface area contributed by atoms with Crippen molar-refractivity contribution in [1.82, 2.24) is 15.0 Å². The molecule has 0 saturated carbocycles. The third-order valence-corrected chi connectivity index (χ3v) is 6.65. The third-order valence-electron chi connectivity index (χ3n) is 3.79. The Balaban J connectivity index is 1.68. The zero-order valence-corrected chi connectivity index (χ0v) is 17.3. The van der Waals surface area contributed by atoms with Crippen LogP contribution in [0, 0.1) is 13.8 Å². The maximum atomic E-state index is 12.3. The number of aryl methyl sites for hydroxylation is 2. The van der Waals surface area contributed by atoms with Crippen LogP contribution in [0.2, 0.25) is 0 Å². The number of carbonyl (C=O) groups is 1. The number of aromatic nitrogens is 3. The van der Waals surface area contributed by atoms with Gasteiger partial charge in [0.25, 0.3) is 0 Å². The summed E-state index contributed by atoms with van der Waals surface area (Å²) in [5, 5.41) is 7.44. The summed E-state index contributed by atoms with van der Waals surface area (Å²) in [5.41, 5.74) is 2.16. The largest absolute Gasteiger partial charge is 0.301 e. The molecule has 3 aromatic heterocycles. The van der Waals surface area contributed by atoms with Crippen molar-refractivity contribution in [3.63, 3.8) is 0 Å². The van der Waals surface area contributed by atoms with E-state index < -0.39 is 0 Å². The highest BCUT2D eigenvalue weighted by Crippen LogP contribution is 2.34. The van der Waals surface area contributed by atoms with E-state index in [1.54, 1.807) is 17.7 Å². The van der Waals surface area contributed by atoms with Crippen LogP contribution in [0.25, 0.3) is 10.2 Å². The molecule has 3 aromatic rings. The van der Waals surface area contributed by atoms with Crippen molar-refractivity contribution in [2.24, 2.45) is 0 Å². The van der Waals surface area contributed by atoms with Crippen LogP contribution in [-0.4, -0.2) is 26.6 Å². The zero-order chi connectivity index (χ0) is 18.2. The molecule has 0 unspecified atom stereocenters. The van der Waals surface area contributed by atoms with Gasteiger partial charge in [-0.05, 0) is 19.4 Å². The molecule has 25 heavy (non-hydrogen) atoms. The molecule has 132 valence electrons. The summed E-state index contributed by atoms with van der Waals surface area (Å²) < 4.78 is 0. The lowest BCUT2D eigenvalue weighted by molar-refractivity contribution is -0.113. The first-order valence-electron chi connectivity index (χ1n) is 7.85. The number of thioether (sulfide) groups is 1. The lowest BCUT2D eigenvalue weighted by Gasteiger charge is -2.14. The molecule has 0 bridgehead atoms. The summed E-state index contributed by atoms with van der Waals surface area (Å²) >= 11 is 4.56. The van der Waals surface area contributed by atoms with Gasteiger partial charge in [-0.3, -0.25) is 4.79 Å². The maximum Gasteiger partial charge on any atom is 0.236 e. The summed E-state index contributed by atoms with van der Waals surface area (Å²) in [6.07, 6.45) is 1.56. The first kappa shape index (κ1) is 18.3. The highest BCUT2D eigenvalue weighted by Gasteiger charge is 2.18. The summed E-state index contributed by atoms with van der Waals surface area (Å²) in [7, 11) is 0. The maximum absolute atomic E-state index is 12.3. The van der Waals surface area contributed by atoms with Gasteiger partial charge in [0.1, 0.15) is 16.2 Å². The number of hydrogen-bond acceptors (Lipinski definition) is 7. The number of rotatable bonds is 4. The fourth-order valence-electron chi connectivity index (χ4n) is 2.22. The molecule has 3 heterocycles. The van der Waals surface area contributed by atoms with Gasteiger partial charge in [0, 0.05) is 21.1 Å². The SMILES string of the molecule is Cc1sc2ncnc(SCC(=O)Nc3nc(C(C)(C)C)cs3)c2c1C. The van der Waals surface area contributed by atoms with Crippen LogP contribution < -0.4 is 5.32 Å². The quantitative estimate of drug-likeness (QED) is 0.510. The predicted molar refractivity (Wildman–Crippen MR) is 107 cm³/mol. The number of thiophene rings is 1. The van der Waals surface area contributed by atoms with Crippen LogP contribution in [0.3, 0.4) is 0 Å². The average molecular weight is 393 g/mol. The Kier molecular flexibility index (Phi) is 5.13. The van der Waals surface area contributed by atoms with E-state index in [0.717, 1.165) is 20.9 Å². The number of hydrogen-bond donors (Lipinski definition) is 1. The molecular weight excluding hydrogens is 372 g/mol. The molecule has 0 aliphatic carbocycles. The van der Waals surface area contributed by atoms with Crippen LogP contribution in [0.15, 0.2) is 16.7 Å². The lowest BCUT2D eigenvalue weighted by Crippen LogP contribution is -2.15. The van der Waals surface area contributed by atoms with E-state index in [1.165, 1.54) is 33.5 Å². The summed E-state index contributed by atoms with van der Waals surface area (Å²) in [6.45, 7) is 10.5. The number of thiazole rings is 1. The van der Waals surface area contributed by atoms with Gasteiger partial charge in [0.05, 0.1) is 11.4 Å². The molecule has 8 heteroatoms. The van der Waals surface area contributed by atoms with Crippen molar-refractivity contribution in [1.29, 1.82) is 0 Å². The Bertz CT molecular complexity index is 924. The molecule has 1 N–H and O–H groups in total. The van der Waals surface area contributed by atoms with Crippen molar-refractivity contribution >= 4 is 55.7 Å². The number of fused-ring (bicyclic) bond motifs is 1. The molecule has 0 aromatic carbocycles. The topological polar surface area (TPSA) is 67.8 Å². The van der Waals surface area contributed by atoms with Crippen LogP contribution in [0.1, 0.15) is 36.9 Å². The van der Waals surface area contributed by atoms with Crippen LogP contribution >= 0.6 is 34.4 Å². The van der Waals surface area contributed by atoms with Crippen LogP contribution in [-0.2, 0) is 10.2 Å². The van der Waals surface area contributed by atoms with Gasteiger partial charge in [-0.15, -0.1) is 22.7 Å². The Labute approximate surface area is 159 Å². The Morgan fingerprint density at radius 2 is 2.04 bits per heavy atom. The van der Waals surface area contributed by atoms with Gasteiger partial charge in [-0.25, -0.2) is 15.0 Å². The first-order chi connectivity index (χ1) is 11.8. The second-order valence-corrected chi connectivity index (χ2v) is 9.79. The van der Waals surface area contributed by atoms with E-state index in [2.05, 4.69) is 54.9 Å². The minimum absolute atomic E-state index is 0.0187. The van der Waals surface area contributed by atoms with Gasteiger partial charge < -0.3 is 5.32 Å². The molecule has 0 aliphatic rings. The van der Waals surface area contributed by atoms with E-state index in [1.807, 2.05) is 5.38 Å². The second-order valence-electron chi connectivity index (χ2n) is 6.77. The zero-order valence-electron chi connectivity index (χ0n) is 14.8. The van der Waals surface area contributed by atoms with Crippen molar-refractivity contribution < 1.29 is 4.79 Å². The monoisotopic (exact) mass is 392 g/mol. The molecule has 0 aliphatic heterocycles. The highest BCUT2D eigenvalue weighted by atomic mass is 32.2. The fourth-order valence-corrected chi connectivity index (χ4v) is 5.09. The standard InChI is InChI=1S/C17H20N4OS3/c1-9-10(2)25-15-13(9)14(18-8-19-15)23-7-12(22)21-16-20-11(6-24-16)17(3,4)5/h6,8H,7H2,1-5H3,(H,20,21,22). The second kappa shape index (κ2) is 7.01. The third kappa shape index (κ3) is 4.02. The average Bonchev–Trinajstić information content (AvgIpc) is 3.11. The smallest absolute Gasteiger partial charge is 0.236 e. The van der Waals surface area contributed by atoms with E-state index in [0.29, 0.717) is 10.9 Å². The number of amides is 1. The summed E-state index contributed by atoms with van der Waals surface area (Å²) in [5.74, 6) is 0.224. The number of carbonyl (C=O) groups excluding carboxylic acids is 1. The van der Waals surface area contributed by atoms with Gasteiger partial charge in [-0.1, -0.05) is 32.5 Å². The highest BCUT2D eigenvalue weighted by molar-refractivity contribution is 8.00. The molecule has 0 atom stereocenters. The van der Waals surface area contributed by atoms with E-state index >= 15 is 0 Å². The van der Waals surface area contributed by atoms with Crippen molar-refractivity contribution in [2.45, 2.75) is 45.1 Å². The summed E-state index contributed by atoms with van der Waals surface area (Å²) in [6, 6.07) is 0. The predicted octanol–water partition coefficient (Wildman–Crippen LogP) is 4.79. The molecule has 1 amide bonds. The van der Waals surface area contributed by atoms with Crippen molar-refractivity contribution in [3.8, 4) is 0 Å². The molecule has 3 rings (SSSR count). The number of anilines is 1. The molecule has 5 nitrogen and oxygen atoms in total. The van der Waals surface area contributed by atoms with Gasteiger partial charge >= 0.3 is 0 Å². The number of nitrogens with zero attached hydrogens (tertiary/aromatic N) is 3. The Morgan fingerprint density at radius 1 is 1.28 bits per heavy atom. The van der Waals surface area contributed by atoms with E-state index in [-0.39, 0.29) is 11.3 Å². The molecule has 0 fully saturated rings. The van der Waals surface area contributed by atoms with Gasteiger partial charge in [-0.2, -0.15) is 0 Å². The van der Waals surface area contributed by atoms with Crippen LogP contribution in [0.4, 0.5) is 5.13 Å². The number of nitrogens with one attached hydrogen (secondary N) is 1. The summed E-state index contributed by atoms with van der Waals surface area (Å²) in [4.78, 5) is 27.7. The molecule has 0 saturated heterocycles. The van der Waals surface area contributed by atoms with Gasteiger partial charge in [0.2, 0.25) is 5.91 Å². The first-order valence-corrected chi connectivity index (χ1v) is 10.5. The normalized spacial score (nSPS) is 11.9. The molecular formula is C17H20N4OS3. The minimum atomic E-state index is -0.0730. The van der Waals surface area contributed by atoms with Gasteiger partial charge in [0.15, 0.2) is 5.13 Å². The molecule has 0 spiro atoms. The van der Waals surface area contributed by atoms with Crippen LogP contribution in [0.5, 0.6) is 0 Å². The minimum Gasteiger partial charge on any atom is -0.301 e. The van der Waals surface area contributed by atoms with Crippen molar-refractivity contribution in [3.05, 3.63) is 27.8 Å². The lowest BCUT2D eigenvalue weighted by atomic mass is 9.93. The van der Waals surface area contributed by atoms with E-state index in [9.17, 15) is 4.79 Å². The van der Waals surface area contributed by atoms with Crippen molar-refractivity contribution in [2.75, 3.05) is 11.1 Å². The molecule has 0 radical (unpaired) electrons. The van der Waals surface area contributed by atoms with E-state index in [4.69, 9.17) is 0 Å². The Morgan fingerprint density at radius 3 is 2.72 bits per heavy atom. The Hall–Kier alpha value is -1.51.